The van der Waals surface area contributed by atoms with Gasteiger partial charge in [0, 0.05) is 18.3 Å². The van der Waals surface area contributed by atoms with E-state index in [1.165, 1.54) is 0 Å². The third kappa shape index (κ3) is 5.09. The van der Waals surface area contributed by atoms with E-state index in [0.717, 1.165) is 17.0 Å². The van der Waals surface area contributed by atoms with E-state index in [1.54, 1.807) is 13.0 Å². The zero-order valence-corrected chi connectivity index (χ0v) is 19.8. The highest BCUT2D eigenvalue weighted by molar-refractivity contribution is 6.04. The highest BCUT2D eigenvalue weighted by Gasteiger charge is 2.22. The molecule has 0 saturated carbocycles. The average Bonchev–Trinajstić information content (AvgIpc) is 3.14. The molecule has 0 saturated heterocycles. The van der Waals surface area contributed by atoms with Crippen molar-refractivity contribution in [2.24, 2.45) is 4.99 Å². The molecule has 4 rings (SSSR count). The molecule has 8 heteroatoms. The van der Waals surface area contributed by atoms with E-state index in [0.29, 0.717) is 41.7 Å². The predicted octanol–water partition coefficient (Wildman–Crippen LogP) is 4.70. The maximum atomic E-state index is 9.16. The van der Waals surface area contributed by atoms with Crippen molar-refractivity contribution in [3.05, 3.63) is 65.5 Å². The molecule has 8 nitrogen and oxygen atoms in total. The summed E-state index contributed by atoms with van der Waals surface area (Å²) in [6.45, 7) is 8.78. The monoisotopic (exact) mass is 456 g/mol. The minimum absolute atomic E-state index is 0.158. The highest BCUT2D eigenvalue weighted by atomic mass is 16.5. The molecular weight excluding hydrogens is 428 g/mol. The third-order valence-electron chi connectivity index (χ3n) is 5.31. The first kappa shape index (κ1) is 23.1. The Morgan fingerprint density at radius 3 is 2.82 bits per heavy atom. The van der Waals surface area contributed by atoms with Crippen LogP contribution >= 0.6 is 0 Å². The summed E-state index contributed by atoms with van der Waals surface area (Å²) in [5.74, 6) is 2.96. The maximum absolute atomic E-state index is 9.16. The second kappa shape index (κ2) is 9.79. The standard InChI is InChI=1S/C26H28N6O2/c1-16(2)29-25(30-18(4)28)23-15-32-10-11-33-24-13-21(8-9-22(24)26(32)31-23)34-17(3)20-7-5-6-19(12-20)14-27/h5-9,12-13,15-17H,10-11H2,1-4H3,(H2,28,29,30). The number of hydrogen-bond acceptors (Lipinski definition) is 5. The summed E-state index contributed by atoms with van der Waals surface area (Å²) in [5.41, 5.74) is 3.09. The zero-order valence-electron chi connectivity index (χ0n) is 19.8. The number of ether oxygens (including phenoxy) is 2. The lowest BCUT2D eigenvalue weighted by Gasteiger charge is -2.17. The van der Waals surface area contributed by atoms with E-state index in [4.69, 9.17) is 25.1 Å². The molecule has 174 valence electrons. The van der Waals surface area contributed by atoms with Crippen LogP contribution in [0.3, 0.4) is 0 Å². The summed E-state index contributed by atoms with van der Waals surface area (Å²) in [5, 5.41) is 20.2. The molecule has 2 N–H and O–H groups in total. The number of benzene rings is 2. The van der Waals surface area contributed by atoms with Gasteiger partial charge >= 0.3 is 0 Å². The Morgan fingerprint density at radius 1 is 1.26 bits per heavy atom. The van der Waals surface area contributed by atoms with Gasteiger partial charge in [0.05, 0.1) is 23.7 Å². The molecule has 0 spiro atoms. The fourth-order valence-electron chi connectivity index (χ4n) is 3.79. The van der Waals surface area contributed by atoms with Gasteiger partial charge < -0.3 is 19.4 Å². The lowest BCUT2D eigenvalue weighted by Crippen LogP contribution is -2.32. The first-order chi connectivity index (χ1) is 16.3. The number of nitrogens with zero attached hydrogens (tertiary/aromatic N) is 4. The predicted molar refractivity (Wildman–Crippen MR) is 132 cm³/mol. The number of hydrogen-bond donors (Lipinski definition) is 2. The molecule has 0 amide bonds. The van der Waals surface area contributed by atoms with E-state index >= 15 is 0 Å². The van der Waals surface area contributed by atoms with E-state index in [-0.39, 0.29) is 18.0 Å². The fraction of sp³-hybridized carbons (Fsp3) is 0.308. The highest BCUT2D eigenvalue weighted by Crippen LogP contribution is 2.36. The SMILES string of the molecule is CC(=N)/N=C(\NC(C)C)c1cn2c(n1)-c1ccc(OC(C)c3cccc(C#N)c3)cc1OCC2. The van der Waals surface area contributed by atoms with Gasteiger partial charge in [0.1, 0.15) is 41.6 Å². The van der Waals surface area contributed by atoms with Crippen LogP contribution in [0.4, 0.5) is 0 Å². The number of rotatable bonds is 5. The van der Waals surface area contributed by atoms with Gasteiger partial charge in [-0.1, -0.05) is 12.1 Å². The van der Waals surface area contributed by atoms with Crippen LogP contribution in [0.2, 0.25) is 0 Å². The average molecular weight is 457 g/mol. The third-order valence-corrected chi connectivity index (χ3v) is 5.31. The van der Waals surface area contributed by atoms with E-state index in [2.05, 4.69) is 20.9 Å². The van der Waals surface area contributed by atoms with Gasteiger partial charge in [-0.25, -0.2) is 9.98 Å². The van der Waals surface area contributed by atoms with Gasteiger partial charge in [-0.05, 0) is 57.5 Å². The van der Waals surface area contributed by atoms with Crippen molar-refractivity contribution in [3.8, 4) is 29.0 Å². The molecule has 34 heavy (non-hydrogen) atoms. The van der Waals surface area contributed by atoms with Crippen molar-refractivity contribution < 1.29 is 9.47 Å². The Kier molecular flexibility index (Phi) is 6.64. The van der Waals surface area contributed by atoms with Crippen LogP contribution in [-0.4, -0.2) is 33.9 Å². The fourth-order valence-corrected chi connectivity index (χ4v) is 3.79. The molecule has 0 fully saturated rings. The van der Waals surface area contributed by atoms with Gasteiger partial charge in [0.15, 0.2) is 5.84 Å². The summed E-state index contributed by atoms with van der Waals surface area (Å²) in [7, 11) is 0. The van der Waals surface area contributed by atoms with Crippen LogP contribution < -0.4 is 14.8 Å². The number of nitrogens with one attached hydrogen (secondary N) is 2. The van der Waals surface area contributed by atoms with Gasteiger partial charge in [-0.15, -0.1) is 0 Å². The van der Waals surface area contributed by atoms with Crippen molar-refractivity contribution in [1.29, 1.82) is 10.7 Å². The van der Waals surface area contributed by atoms with Gasteiger partial charge in [0.2, 0.25) is 0 Å². The molecule has 0 radical (unpaired) electrons. The van der Waals surface area contributed by atoms with E-state index in [1.807, 2.05) is 63.4 Å². The number of aromatic nitrogens is 2. The van der Waals surface area contributed by atoms with Gasteiger partial charge in [-0.2, -0.15) is 5.26 Å². The van der Waals surface area contributed by atoms with Crippen LogP contribution in [0.5, 0.6) is 11.5 Å². The second-order valence-corrected chi connectivity index (χ2v) is 8.49. The molecule has 2 aromatic carbocycles. The summed E-state index contributed by atoms with van der Waals surface area (Å²) in [4.78, 5) is 9.18. The number of aliphatic imine (C=N–C) groups is 1. The number of fused-ring (bicyclic) bond motifs is 3. The first-order valence-electron chi connectivity index (χ1n) is 11.3. The number of amidine groups is 2. The molecule has 0 bridgehead atoms. The number of imidazole rings is 1. The van der Waals surface area contributed by atoms with Crippen molar-refractivity contribution >= 4 is 11.7 Å². The lowest BCUT2D eigenvalue weighted by molar-refractivity contribution is 0.225. The van der Waals surface area contributed by atoms with Crippen LogP contribution in [-0.2, 0) is 6.54 Å². The Labute approximate surface area is 199 Å². The van der Waals surface area contributed by atoms with Crippen molar-refractivity contribution in [1.82, 2.24) is 14.9 Å². The van der Waals surface area contributed by atoms with Crippen molar-refractivity contribution in [2.45, 2.75) is 46.4 Å². The second-order valence-electron chi connectivity index (χ2n) is 8.49. The first-order valence-corrected chi connectivity index (χ1v) is 11.3. The van der Waals surface area contributed by atoms with Gasteiger partial charge in [0.25, 0.3) is 0 Å². The topological polar surface area (TPSA) is 108 Å². The Bertz CT molecular complexity index is 1280. The molecule has 1 aromatic heterocycles. The van der Waals surface area contributed by atoms with Crippen LogP contribution in [0, 0.1) is 16.7 Å². The lowest BCUT2D eigenvalue weighted by atomic mass is 10.1. The molecule has 1 unspecified atom stereocenters. The largest absolute Gasteiger partial charge is 0.491 e. The molecule has 1 aliphatic rings. The normalized spacial score (nSPS) is 13.7. The molecule has 2 heterocycles. The summed E-state index contributed by atoms with van der Waals surface area (Å²) >= 11 is 0. The molecular formula is C26H28N6O2. The van der Waals surface area contributed by atoms with Crippen molar-refractivity contribution in [3.63, 3.8) is 0 Å². The Balaban J connectivity index is 1.63. The maximum Gasteiger partial charge on any atom is 0.155 e. The number of nitriles is 1. The van der Waals surface area contributed by atoms with Crippen LogP contribution in [0.15, 0.2) is 53.7 Å². The van der Waals surface area contributed by atoms with E-state index < -0.39 is 0 Å². The quantitative estimate of drug-likeness (QED) is 0.427. The molecule has 1 aliphatic heterocycles. The summed E-state index contributed by atoms with van der Waals surface area (Å²) in [6, 6.07) is 15.5. The Hall–Kier alpha value is -4.12. The summed E-state index contributed by atoms with van der Waals surface area (Å²) in [6.07, 6.45) is 1.72. The van der Waals surface area contributed by atoms with Crippen molar-refractivity contribution in [2.75, 3.05) is 6.61 Å². The molecule has 3 aromatic rings. The molecule has 1 atom stereocenters. The van der Waals surface area contributed by atoms with Crippen LogP contribution in [0.25, 0.3) is 11.4 Å². The molecule has 0 aliphatic carbocycles. The summed E-state index contributed by atoms with van der Waals surface area (Å²) < 4.78 is 14.2. The smallest absolute Gasteiger partial charge is 0.155 e. The van der Waals surface area contributed by atoms with E-state index in [9.17, 15) is 0 Å². The van der Waals surface area contributed by atoms with Gasteiger partial charge in [-0.3, -0.25) is 5.41 Å². The Morgan fingerprint density at radius 2 is 2.09 bits per heavy atom. The minimum Gasteiger partial charge on any atom is -0.491 e. The zero-order chi connectivity index (χ0) is 24.2. The minimum atomic E-state index is -0.226. The van der Waals surface area contributed by atoms with Crippen LogP contribution in [0.1, 0.15) is 50.6 Å².